The summed E-state index contributed by atoms with van der Waals surface area (Å²) in [5, 5.41) is 10.1. The van der Waals surface area contributed by atoms with Gasteiger partial charge in [-0.15, -0.1) is 0 Å². The molecule has 1 N–H and O–H groups in total. The van der Waals surface area contributed by atoms with Crippen LogP contribution < -0.4 is 0 Å². The van der Waals surface area contributed by atoms with Crippen molar-refractivity contribution >= 4 is 45.0 Å². The molecular weight excluding hydrogens is 425 g/mol. The third-order valence-corrected chi connectivity index (χ3v) is 9.39. The smallest absolute Gasteiger partial charge is 0.331 e. The van der Waals surface area contributed by atoms with Gasteiger partial charge in [0.25, 0.3) is 0 Å². The molecule has 0 heterocycles. The van der Waals surface area contributed by atoms with Crippen molar-refractivity contribution < 1.29 is 28.0 Å². The minimum absolute atomic E-state index is 0.452. The van der Waals surface area contributed by atoms with Crippen molar-refractivity contribution in [1.29, 1.82) is 0 Å². The van der Waals surface area contributed by atoms with Crippen molar-refractivity contribution in [3.05, 3.63) is 0 Å². The molecular formula is C18H42O6Si4. The number of hydrogen-bond donors (Lipinski definition) is 1. The Labute approximate surface area is 175 Å². The highest BCUT2D eigenvalue weighted by molar-refractivity contribution is 6.79. The van der Waals surface area contributed by atoms with E-state index in [2.05, 4.69) is 19.6 Å². The van der Waals surface area contributed by atoms with E-state index in [1.165, 1.54) is 0 Å². The molecule has 166 valence electrons. The minimum atomic E-state index is -2.26. The van der Waals surface area contributed by atoms with Crippen LogP contribution >= 0.6 is 0 Å². The van der Waals surface area contributed by atoms with E-state index in [9.17, 15) is 14.7 Å². The molecule has 0 fully saturated rings. The number of aliphatic carboxylic acids is 1. The molecule has 0 amide bonds. The van der Waals surface area contributed by atoms with Crippen molar-refractivity contribution in [2.24, 2.45) is 0 Å². The predicted molar refractivity (Wildman–Crippen MR) is 125 cm³/mol. The van der Waals surface area contributed by atoms with Crippen molar-refractivity contribution in [2.45, 2.75) is 103 Å². The van der Waals surface area contributed by atoms with Gasteiger partial charge >= 0.3 is 11.9 Å². The quantitative estimate of drug-likeness (QED) is 0.457. The molecule has 0 aliphatic rings. The summed E-state index contributed by atoms with van der Waals surface area (Å²) in [4.78, 5) is 25.8. The number of hydrogen-bond acceptors (Lipinski definition) is 5. The van der Waals surface area contributed by atoms with E-state index < -0.39 is 62.2 Å². The highest BCUT2D eigenvalue weighted by Gasteiger charge is 2.57. The molecule has 0 aliphatic carbocycles. The van der Waals surface area contributed by atoms with Crippen LogP contribution in [-0.4, -0.2) is 61.8 Å². The SMILES string of the molecule is CC(O[Si](C)(C)C)(C(=O)O[Si](C)(C)C)C(C(O[Si](C)(C)C)C(=O)O)[Si](C)(C)C. The molecule has 0 saturated carbocycles. The van der Waals surface area contributed by atoms with Gasteiger partial charge in [0.1, 0.15) is 6.10 Å². The highest BCUT2D eigenvalue weighted by Crippen LogP contribution is 2.44. The Bertz CT molecular complexity index is 569. The molecule has 0 aromatic carbocycles. The molecule has 0 radical (unpaired) electrons. The normalized spacial score (nSPS) is 18.2. The topological polar surface area (TPSA) is 82.1 Å². The van der Waals surface area contributed by atoms with Crippen molar-refractivity contribution in [3.8, 4) is 0 Å². The lowest BCUT2D eigenvalue weighted by atomic mass is 9.97. The fourth-order valence-corrected chi connectivity index (χ4v) is 9.90. The minimum Gasteiger partial charge on any atom is -0.518 e. The van der Waals surface area contributed by atoms with Gasteiger partial charge in [0.2, 0.25) is 8.32 Å². The zero-order chi connectivity index (χ0) is 22.9. The maximum absolute atomic E-state index is 13.4. The summed E-state index contributed by atoms with van der Waals surface area (Å²) >= 11 is 0. The van der Waals surface area contributed by atoms with Gasteiger partial charge in [-0.05, 0) is 65.8 Å². The second-order valence-electron chi connectivity index (χ2n) is 11.7. The van der Waals surface area contributed by atoms with E-state index >= 15 is 0 Å². The Kier molecular flexibility index (Phi) is 8.76. The van der Waals surface area contributed by atoms with Crippen LogP contribution in [0.15, 0.2) is 0 Å². The zero-order valence-corrected chi connectivity index (χ0v) is 24.1. The summed E-state index contributed by atoms with van der Waals surface area (Å²) in [6.07, 6.45) is -1.10. The average Bonchev–Trinajstić information content (AvgIpc) is 2.29. The fourth-order valence-electron chi connectivity index (χ4n) is 3.46. The first-order chi connectivity index (χ1) is 12.0. The average molecular weight is 467 g/mol. The van der Waals surface area contributed by atoms with Gasteiger partial charge in [-0.25, -0.2) is 4.79 Å². The van der Waals surface area contributed by atoms with Crippen LogP contribution in [0.4, 0.5) is 0 Å². The standard InChI is InChI=1S/C18H42O6Si4/c1-18(24-28(11,12)13,17(21)23-27(8,9)10)15(25(2,3)4)14(16(19)20)22-26(5,6)7/h14-15H,1-13H3,(H,19,20). The summed E-state index contributed by atoms with van der Waals surface area (Å²) in [7, 11) is -8.86. The molecule has 0 bridgehead atoms. The number of rotatable bonds is 10. The first-order valence-corrected chi connectivity index (χ1v) is 23.6. The Morgan fingerprint density at radius 3 is 1.46 bits per heavy atom. The van der Waals surface area contributed by atoms with Crippen LogP contribution in [0.1, 0.15) is 6.92 Å². The molecule has 0 aromatic rings. The van der Waals surface area contributed by atoms with Gasteiger partial charge in [0.05, 0.1) is 8.07 Å². The summed E-state index contributed by atoms with van der Waals surface area (Å²) in [6, 6.07) is 0. The zero-order valence-electron chi connectivity index (χ0n) is 20.1. The predicted octanol–water partition coefficient (Wildman–Crippen LogP) is 4.99. The van der Waals surface area contributed by atoms with Gasteiger partial charge in [-0.1, -0.05) is 19.6 Å². The maximum atomic E-state index is 13.4. The Morgan fingerprint density at radius 1 is 0.786 bits per heavy atom. The van der Waals surface area contributed by atoms with E-state index in [0.717, 1.165) is 0 Å². The molecule has 0 aliphatic heterocycles. The molecule has 6 nitrogen and oxygen atoms in total. The lowest BCUT2D eigenvalue weighted by Crippen LogP contribution is -2.62. The molecule has 3 atom stereocenters. The van der Waals surface area contributed by atoms with E-state index in [1.54, 1.807) is 6.92 Å². The van der Waals surface area contributed by atoms with E-state index in [1.807, 2.05) is 58.9 Å². The van der Waals surface area contributed by atoms with Gasteiger partial charge < -0.3 is 18.4 Å². The highest BCUT2D eigenvalue weighted by atomic mass is 28.4. The lowest BCUT2D eigenvalue weighted by molar-refractivity contribution is -0.159. The van der Waals surface area contributed by atoms with Crippen LogP contribution in [0, 0.1) is 0 Å². The van der Waals surface area contributed by atoms with Gasteiger partial charge in [0.15, 0.2) is 22.2 Å². The first-order valence-electron chi connectivity index (χ1n) is 9.84. The van der Waals surface area contributed by atoms with E-state index in [4.69, 9.17) is 13.3 Å². The molecule has 3 unspecified atom stereocenters. The first kappa shape index (κ1) is 27.7. The number of carbonyl (C=O) groups is 2. The number of carboxylic acid groups (broad SMARTS) is 1. The fraction of sp³-hybridized carbons (Fsp3) is 0.889. The van der Waals surface area contributed by atoms with E-state index in [-0.39, 0.29) is 0 Å². The summed E-state index contributed by atoms with van der Waals surface area (Å²) in [5.74, 6) is -1.49. The summed E-state index contributed by atoms with van der Waals surface area (Å²) in [6.45, 7) is 25.6. The summed E-state index contributed by atoms with van der Waals surface area (Å²) in [5.41, 5.74) is -1.95. The molecule has 28 heavy (non-hydrogen) atoms. The number of carbonyl (C=O) groups excluding carboxylic acids is 1. The molecule has 0 aromatic heterocycles. The van der Waals surface area contributed by atoms with Gasteiger partial charge in [-0.3, -0.25) is 4.79 Å². The Hall–Kier alpha value is -0.272. The van der Waals surface area contributed by atoms with Crippen LogP contribution in [0.3, 0.4) is 0 Å². The number of carboxylic acids is 1. The molecule has 0 saturated heterocycles. The van der Waals surface area contributed by atoms with E-state index in [0.29, 0.717) is 0 Å². The van der Waals surface area contributed by atoms with Crippen LogP contribution in [0.2, 0.25) is 84.1 Å². The second kappa shape index (κ2) is 8.84. The third-order valence-electron chi connectivity index (χ3n) is 3.88. The van der Waals surface area contributed by atoms with Crippen LogP contribution in [0.5, 0.6) is 0 Å². The Balaban J connectivity index is 6.63. The van der Waals surface area contributed by atoms with Crippen LogP contribution in [-0.2, 0) is 22.9 Å². The molecule has 0 spiro atoms. The van der Waals surface area contributed by atoms with Gasteiger partial charge in [0, 0.05) is 5.54 Å². The lowest BCUT2D eigenvalue weighted by Gasteiger charge is -2.48. The van der Waals surface area contributed by atoms with Crippen molar-refractivity contribution in [2.75, 3.05) is 0 Å². The summed E-state index contributed by atoms with van der Waals surface area (Å²) < 4.78 is 18.5. The second-order valence-corrected chi connectivity index (χ2v) is 30.3. The van der Waals surface area contributed by atoms with Crippen LogP contribution in [0.25, 0.3) is 0 Å². The molecule has 10 heteroatoms. The molecule has 0 rings (SSSR count). The monoisotopic (exact) mass is 466 g/mol. The largest absolute Gasteiger partial charge is 0.518 e. The Morgan fingerprint density at radius 2 is 1.21 bits per heavy atom. The van der Waals surface area contributed by atoms with Crippen molar-refractivity contribution in [1.82, 2.24) is 0 Å². The van der Waals surface area contributed by atoms with Crippen molar-refractivity contribution in [3.63, 3.8) is 0 Å². The maximum Gasteiger partial charge on any atom is 0.331 e. The van der Waals surface area contributed by atoms with Gasteiger partial charge in [-0.2, -0.15) is 0 Å². The third kappa shape index (κ3) is 9.03.